The number of hydrogen-bond donors (Lipinski definition) is 0. The molecule has 3 aromatic rings. The maximum absolute atomic E-state index is 12.7. The van der Waals surface area contributed by atoms with Crippen molar-refractivity contribution in [3.05, 3.63) is 59.5 Å². The van der Waals surface area contributed by atoms with Gasteiger partial charge in [-0.15, -0.1) is 0 Å². The zero-order chi connectivity index (χ0) is 18.9. The fraction of sp³-hybridized carbons (Fsp3) is 0.368. The second-order valence-corrected chi connectivity index (χ2v) is 8.79. The Hall–Kier alpha value is -2.45. The molecule has 1 aromatic carbocycles. The number of benzene rings is 1. The Morgan fingerprint density at radius 3 is 2.85 bits per heavy atom. The van der Waals surface area contributed by atoms with Crippen molar-refractivity contribution in [2.24, 2.45) is 0 Å². The highest BCUT2D eigenvalue weighted by molar-refractivity contribution is 7.89. The summed E-state index contributed by atoms with van der Waals surface area (Å²) in [5, 5.41) is 4.47. The zero-order valence-electron chi connectivity index (χ0n) is 15.2. The Morgan fingerprint density at radius 1 is 1.22 bits per heavy atom. The number of aryl methyl sites for hydroxylation is 1. The largest absolute Gasteiger partial charge is 0.494 e. The minimum absolute atomic E-state index is 0.0751. The fourth-order valence-corrected chi connectivity index (χ4v) is 4.79. The summed E-state index contributed by atoms with van der Waals surface area (Å²) in [4.78, 5) is 4.40. The van der Waals surface area contributed by atoms with Crippen molar-refractivity contribution in [2.75, 3.05) is 18.9 Å². The third-order valence-electron chi connectivity index (χ3n) is 4.69. The van der Waals surface area contributed by atoms with Gasteiger partial charge < -0.3 is 4.74 Å². The maximum atomic E-state index is 12.7. The van der Waals surface area contributed by atoms with Crippen molar-refractivity contribution in [1.82, 2.24) is 18.9 Å². The predicted octanol–water partition coefficient (Wildman–Crippen LogP) is 2.19. The van der Waals surface area contributed by atoms with Gasteiger partial charge in [-0.25, -0.2) is 17.9 Å². The molecule has 0 spiro atoms. The first-order valence-corrected chi connectivity index (χ1v) is 10.6. The number of hydrogen-bond acceptors (Lipinski definition) is 5. The third kappa shape index (κ3) is 3.81. The summed E-state index contributed by atoms with van der Waals surface area (Å²) in [6, 6.07) is 11.4. The number of fused-ring (bicyclic) bond motifs is 3. The van der Waals surface area contributed by atoms with Gasteiger partial charge in [0.05, 0.1) is 23.7 Å². The highest BCUT2D eigenvalue weighted by atomic mass is 32.2. The Labute approximate surface area is 158 Å². The molecule has 0 unspecified atom stereocenters. The van der Waals surface area contributed by atoms with Crippen LogP contribution in [0, 0.1) is 6.92 Å². The van der Waals surface area contributed by atoms with E-state index in [9.17, 15) is 8.42 Å². The molecule has 0 bridgehead atoms. The number of rotatable bonds is 6. The van der Waals surface area contributed by atoms with E-state index < -0.39 is 10.0 Å². The van der Waals surface area contributed by atoms with Gasteiger partial charge in [-0.05, 0) is 25.5 Å². The average molecular weight is 386 g/mol. The Morgan fingerprint density at radius 2 is 2.04 bits per heavy atom. The number of ether oxygens (including phenoxy) is 1. The van der Waals surface area contributed by atoms with Crippen LogP contribution in [-0.4, -0.2) is 46.2 Å². The molecule has 0 radical (unpaired) electrons. The number of aromatic nitrogens is 3. The van der Waals surface area contributed by atoms with E-state index in [2.05, 4.69) is 10.1 Å². The smallest absolute Gasteiger partial charge is 0.214 e. The van der Waals surface area contributed by atoms with Crippen LogP contribution in [0.1, 0.15) is 23.4 Å². The predicted molar refractivity (Wildman–Crippen MR) is 102 cm³/mol. The minimum atomic E-state index is -3.33. The Kier molecular flexibility index (Phi) is 4.84. The normalized spacial score (nSPS) is 15.0. The van der Waals surface area contributed by atoms with Gasteiger partial charge in [0.25, 0.3) is 0 Å². The summed E-state index contributed by atoms with van der Waals surface area (Å²) in [5.41, 5.74) is 3.68. The molecule has 7 nitrogen and oxygen atoms in total. The summed E-state index contributed by atoms with van der Waals surface area (Å²) in [6.07, 6.45) is 2.86. The van der Waals surface area contributed by atoms with E-state index in [-0.39, 0.29) is 5.75 Å². The molecule has 27 heavy (non-hydrogen) atoms. The van der Waals surface area contributed by atoms with Crippen molar-refractivity contribution >= 4 is 15.7 Å². The monoisotopic (exact) mass is 386 g/mol. The molecule has 1 aliphatic heterocycles. The highest BCUT2D eigenvalue weighted by Gasteiger charge is 2.28. The number of nitrogens with zero attached hydrogens (tertiary/aromatic N) is 4. The molecule has 3 heterocycles. The lowest BCUT2D eigenvalue weighted by Crippen LogP contribution is -2.38. The quantitative estimate of drug-likeness (QED) is 0.607. The molecule has 0 saturated heterocycles. The van der Waals surface area contributed by atoms with E-state index in [1.165, 1.54) is 0 Å². The van der Waals surface area contributed by atoms with E-state index in [1.54, 1.807) is 10.5 Å². The summed E-state index contributed by atoms with van der Waals surface area (Å²) in [7, 11) is -3.33. The SMILES string of the molecule is Cc1cc2ncc3c(n2n1)CCN(S(=O)(=O)CCCOc1ccccc1)C3. The average Bonchev–Trinajstić information content (AvgIpc) is 3.06. The molecule has 0 fully saturated rings. The van der Waals surface area contributed by atoms with Crippen LogP contribution in [0.3, 0.4) is 0 Å². The van der Waals surface area contributed by atoms with Crippen molar-refractivity contribution in [3.8, 4) is 5.75 Å². The molecule has 0 amide bonds. The van der Waals surface area contributed by atoms with Gasteiger partial charge in [-0.3, -0.25) is 0 Å². The van der Waals surface area contributed by atoms with E-state index >= 15 is 0 Å². The lowest BCUT2D eigenvalue weighted by atomic mass is 10.1. The van der Waals surface area contributed by atoms with Crippen LogP contribution in [0.15, 0.2) is 42.6 Å². The summed E-state index contributed by atoms with van der Waals surface area (Å²) in [6.45, 7) is 3.12. The summed E-state index contributed by atoms with van der Waals surface area (Å²) >= 11 is 0. The zero-order valence-corrected chi connectivity index (χ0v) is 16.0. The van der Waals surface area contributed by atoms with Gasteiger partial charge in [-0.2, -0.15) is 9.40 Å². The van der Waals surface area contributed by atoms with Crippen LogP contribution in [0.5, 0.6) is 5.75 Å². The Bertz CT molecular complexity index is 1050. The molecule has 0 atom stereocenters. The van der Waals surface area contributed by atoms with Crippen molar-refractivity contribution < 1.29 is 13.2 Å². The molecule has 0 N–H and O–H groups in total. The lowest BCUT2D eigenvalue weighted by molar-refractivity contribution is 0.315. The first kappa shape index (κ1) is 17.9. The van der Waals surface area contributed by atoms with Gasteiger partial charge in [0.1, 0.15) is 5.75 Å². The topological polar surface area (TPSA) is 76.8 Å². The molecule has 0 aliphatic carbocycles. The van der Waals surface area contributed by atoms with Gasteiger partial charge in [-0.1, -0.05) is 18.2 Å². The second kappa shape index (κ2) is 7.28. The molecule has 8 heteroatoms. The molecule has 1 aliphatic rings. The van der Waals surface area contributed by atoms with Gasteiger partial charge in [0.15, 0.2) is 5.65 Å². The molecular weight excluding hydrogens is 364 g/mol. The van der Waals surface area contributed by atoms with Crippen LogP contribution >= 0.6 is 0 Å². The molecule has 0 saturated carbocycles. The molecule has 2 aromatic heterocycles. The van der Waals surface area contributed by atoms with E-state index in [0.717, 1.165) is 28.3 Å². The van der Waals surface area contributed by atoms with Crippen LogP contribution in [-0.2, 0) is 23.0 Å². The lowest BCUT2D eigenvalue weighted by Gasteiger charge is -2.28. The van der Waals surface area contributed by atoms with E-state index in [0.29, 0.717) is 32.5 Å². The third-order valence-corrected chi connectivity index (χ3v) is 6.59. The Balaban J connectivity index is 1.39. The van der Waals surface area contributed by atoms with Crippen LogP contribution in [0.4, 0.5) is 0 Å². The van der Waals surface area contributed by atoms with Crippen molar-refractivity contribution in [1.29, 1.82) is 0 Å². The molecule has 142 valence electrons. The first-order chi connectivity index (χ1) is 13.0. The number of sulfonamides is 1. The van der Waals surface area contributed by atoms with Crippen molar-refractivity contribution in [2.45, 2.75) is 26.3 Å². The first-order valence-electron chi connectivity index (χ1n) is 9.02. The van der Waals surface area contributed by atoms with Gasteiger partial charge >= 0.3 is 0 Å². The van der Waals surface area contributed by atoms with Crippen LogP contribution in [0.2, 0.25) is 0 Å². The molecular formula is C19H22N4O3S. The van der Waals surface area contributed by atoms with Crippen LogP contribution < -0.4 is 4.74 Å². The summed E-state index contributed by atoms with van der Waals surface area (Å²) < 4.78 is 34.4. The summed E-state index contributed by atoms with van der Waals surface area (Å²) in [5.74, 6) is 0.831. The van der Waals surface area contributed by atoms with Gasteiger partial charge in [0.2, 0.25) is 10.0 Å². The number of para-hydroxylation sites is 1. The standard InChI is InChI=1S/C19H22N4O3S/c1-15-12-19-20-13-16-14-22(9-8-18(16)23(19)21-15)27(24,25)11-5-10-26-17-6-3-2-4-7-17/h2-4,6-7,12-13H,5,8-11,14H2,1H3. The minimum Gasteiger partial charge on any atom is -0.494 e. The van der Waals surface area contributed by atoms with Crippen LogP contribution in [0.25, 0.3) is 5.65 Å². The van der Waals surface area contributed by atoms with E-state index in [4.69, 9.17) is 4.74 Å². The second-order valence-electron chi connectivity index (χ2n) is 6.70. The van der Waals surface area contributed by atoms with Crippen molar-refractivity contribution in [3.63, 3.8) is 0 Å². The van der Waals surface area contributed by atoms with Gasteiger partial charge in [0, 0.05) is 37.3 Å². The van der Waals surface area contributed by atoms with E-state index in [1.807, 2.05) is 47.8 Å². The maximum Gasteiger partial charge on any atom is 0.214 e. The highest BCUT2D eigenvalue weighted by Crippen LogP contribution is 2.22. The fourth-order valence-electron chi connectivity index (χ4n) is 3.34. The molecule has 4 rings (SSSR count).